The predicted octanol–water partition coefficient (Wildman–Crippen LogP) is 3.96. The predicted molar refractivity (Wildman–Crippen MR) is 124 cm³/mol. The third-order valence-electron chi connectivity index (χ3n) is 5.32. The number of rotatable bonds is 6. The number of esters is 1. The second-order valence-electron chi connectivity index (χ2n) is 7.75. The zero-order valence-electron chi connectivity index (χ0n) is 18.2. The normalized spacial score (nSPS) is 15.6. The molecule has 1 unspecified atom stereocenters. The Kier molecular flexibility index (Phi) is 6.37. The number of anilines is 1. The Hall–Kier alpha value is -3.78. The molecule has 1 aliphatic rings. The van der Waals surface area contributed by atoms with Crippen molar-refractivity contribution in [2.45, 2.75) is 32.9 Å². The Morgan fingerprint density at radius 2 is 1.76 bits per heavy atom. The first-order valence-corrected chi connectivity index (χ1v) is 11.3. The van der Waals surface area contributed by atoms with Crippen molar-refractivity contribution in [3.8, 4) is 5.75 Å². The van der Waals surface area contributed by atoms with E-state index in [9.17, 15) is 19.2 Å². The van der Waals surface area contributed by atoms with E-state index in [2.05, 4.69) is 0 Å². The topological polar surface area (TPSA) is 84.0 Å². The second kappa shape index (κ2) is 9.38. The van der Waals surface area contributed by atoms with Gasteiger partial charge in [0.25, 0.3) is 11.8 Å². The molecule has 3 amide bonds. The van der Waals surface area contributed by atoms with Crippen LogP contribution in [0.3, 0.4) is 0 Å². The second-order valence-corrected chi connectivity index (χ2v) is 8.79. The van der Waals surface area contributed by atoms with E-state index in [-0.39, 0.29) is 18.9 Å². The summed E-state index contributed by atoms with van der Waals surface area (Å²) >= 11 is 1.49. The van der Waals surface area contributed by atoms with Gasteiger partial charge in [-0.3, -0.25) is 19.2 Å². The van der Waals surface area contributed by atoms with Crippen LogP contribution in [0.2, 0.25) is 0 Å². The van der Waals surface area contributed by atoms with Crippen molar-refractivity contribution in [3.63, 3.8) is 0 Å². The maximum absolute atomic E-state index is 13.4. The largest absolute Gasteiger partial charge is 0.427 e. The summed E-state index contributed by atoms with van der Waals surface area (Å²) in [5.41, 5.74) is 1.84. The van der Waals surface area contributed by atoms with Crippen molar-refractivity contribution in [2.75, 3.05) is 4.90 Å². The Labute approximate surface area is 195 Å². The highest BCUT2D eigenvalue weighted by Crippen LogP contribution is 2.29. The number of amides is 3. The monoisotopic (exact) mass is 462 g/mol. The highest BCUT2D eigenvalue weighted by atomic mass is 32.1. The zero-order valence-corrected chi connectivity index (χ0v) is 19.0. The highest BCUT2D eigenvalue weighted by molar-refractivity contribution is 7.09. The number of carbonyl (C=O) groups is 4. The van der Waals surface area contributed by atoms with Crippen LogP contribution in [0.4, 0.5) is 5.69 Å². The van der Waals surface area contributed by atoms with Gasteiger partial charge in [0, 0.05) is 17.4 Å². The van der Waals surface area contributed by atoms with Crippen LogP contribution in [0.1, 0.15) is 34.1 Å². The molecule has 33 heavy (non-hydrogen) atoms. The van der Waals surface area contributed by atoms with Crippen molar-refractivity contribution < 1.29 is 23.9 Å². The molecule has 0 radical (unpaired) electrons. The third-order valence-corrected chi connectivity index (χ3v) is 6.18. The standard InChI is InChI=1S/C25H22N2O5S/c1-16-5-7-18(8-6-16)24(30)26(15-21-4-3-13-33-21)22-14-23(29)27(25(22)31)19-9-11-20(12-10-19)32-17(2)28/h3-13,22H,14-15H2,1-2H3. The average molecular weight is 463 g/mol. The molecule has 1 atom stereocenters. The Morgan fingerprint density at radius 3 is 2.36 bits per heavy atom. The first-order valence-electron chi connectivity index (χ1n) is 10.4. The lowest BCUT2D eigenvalue weighted by atomic mass is 10.1. The van der Waals surface area contributed by atoms with Gasteiger partial charge in [0.15, 0.2) is 0 Å². The van der Waals surface area contributed by atoms with Crippen LogP contribution >= 0.6 is 11.3 Å². The molecule has 168 valence electrons. The van der Waals surface area contributed by atoms with Crippen LogP contribution in [-0.4, -0.2) is 34.6 Å². The van der Waals surface area contributed by atoms with Gasteiger partial charge in [-0.1, -0.05) is 23.8 Å². The van der Waals surface area contributed by atoms with Gasteiger partial charge in [0.2, 0.25) is 5.91 Å². The number of imide groups is 1. The number of hydrogen-bond acceptors (Lipinski definition) is 6. The summed E-state index contributed by atoms with van der Waals surface area (Å²) in [4.78, 5) is 54.2. The summed E-state index contributed by atoms with van der Waals surface area (Å²) in [5.74, 6) is -1.30. The lowest BCUT2D eigenvalue weighted by Gasteiger charge is -2.27. The molecule has 3 aromatic rings. The first-order chi connectivity index (χ1) is 15.8. The fraction of sp³-hybridized carbons (Fsp3) is 0.200. The molecule has 0 bridgehead atoms. The van der Waals surface area contributed by atoms with Crippen molar-refractivity contribution in [1.82, 2.24) is 4.90 Å². The fourth-order valence-corrected chi connectivity index (χ4v) is 4.42. The van der Waals surface area contributed by atoms with Crippen LogP contribution in [0.5, 0.6) is 5.75 Å². The molecule has 0 aliphatic carbocycles. The molecule has 7 nitrogen and oxygen atoms in total. The minimum atomic E-state index is -0.915. The summed E-state index contributed by atoms with van der Waals surface area (Å²) in [7, 11) is 0. The number of nitrogens with zero attached hydrogens (tertiary/aromatic N) is 2. The summed E-state index contributed by atoms with van der Waals surface area (Å²) in [5, 5.41) is 1.91. The maximum atomic E-state index is 13.4. The molecule has 8 heteroatoms. The van der Waals surface area contributed by atoms with Gasteiger partial charge in [-0.2, -0.15) is 0 Å². The molecule has 1 aromatic heterocycles. The Morgan fingerprint density at radius 1 is 1.06 bits per heavy atom. The van der Waals surface area contributed by atoms with Gasteiger partial charge < -0.3 is 9.64 Å². The zero-order chi connectivity index (χ0) is 23.5. The Bertz CT molecular complexity index is 1190. The number of hydrogen-bond donors (Lipinski definition) is 0. The van der Waals surface area contributed by atoms with E-state index in [1.165, 1.54) is 35.3 Å². The molecule has 0 N–H and O–H groups in total. The molecule has 2 heterocycles. The van der Waals surface area contributed by atoms with E-state index in [0.717, 1.165) is 15.3 Å². The summed E-state index contributed by atoms with van der Waals surface area (Å²) in [6, 6.07) is 16.1. The summed E-state index contributed by atoms with van der Waals surface area (Å²) < 4.78 is 5.01. The van der Waals surface area contributed by atoms with Crippen molar-refractivity contribution >= 4 is 40.7 Å². The van der Waals surface area contributed by atoms with Gasteiger partial charge in [0.05, 0.1) is 18.7 Å². The quantitative estimate of drug-likeness (QED) is 0.315. The lowest BCUT2D eigenvalue weighted by molar-refractivity contribution is -0.132. The number of thiophene rings is 1. The van der Waals surface area contributed by atoms with Crippen molar-refractivity contribution in [2.24, 2.45) is 0 Å². The van der Waals surface area contributed by atoms with Crippen LogP contribution in [0, 0.1) is 6.92 Å². The van der Waals surface area contributed by atoms with Gasteiger partial charge in [-0.05, 0) is 54.8 Å². The molecule has 0 saturated carbocycles. The molecule has 4 rings (SSSR count). The van der Waals surface area contributed by atoms with Crippen LogP contribution in [0.25, 0.3) is 0 Å². The minimum Gasteiger partial charge on any atom is -0.427 e. The van der Waals surface area contributed by atoms with Crippen molar-refractivity contribution in [3.05, 3.63) is 82.0 Å². The molecular formula is C25H22N2O5S. The molecule has 1 saturated heterocycles. The lowest BCUT2D eigenvalue weighted by Crippen LogP contribution is -2.45. The summed E-state index contributed by atoms with van der Waals surface area (Å²) in [6.45, 7) is 3.45. The van der Waals surface area contributed by atoms with Crippen molar-refractivity contribution in [1.29, 1.82) is 0 Å². The number of aryl methyl sites for hydroxylation is 1. The molecule has 1 fully saturated rings. The molecular weight excluding hydrogens is 440 g/mol. The first kappa shape index (κ1) is 22.4. The van der Waals surface area contributed by atoms with E-state index in [1.54, 1.807) is 24.3 Å². The van der Waals surface area contributed by atoms with E-state index in [1.807, 2.05) is 36.6 Å². The van der Waals surface area contributed by atoms with E-state index < -0.39 is 23.8 Å². The fourth-order valence-electron chi connectivity index (χ4n) is 3.72. The van der Waals surface area contributed by atoms with Gasteiger partial charge in [-0.25, -0.2) is 4.90 Å². The van der Waals surface area contributed by atoms with Crippen LogP contribution < -0.4 is 9.64 Å². The van der Waals surface area contributed by atoms with Crippen LogP contribution in [-0.2, 0) is 20.9 Å². The Balaban J connectivity index is 1.62. The van der Waals surface area contributed by atoms with E-state index in [4.69, 9.17) is 4.74 Å². The van der Waals surface area contributed by atoms with Gasteiger partial charge in [0.1, 0.15) is 11.8 Å². The highest BCUT2D eigenvalue weighted by Gasteiger charge is 2.44. The third kappa shape index (κ3) is 4.85. The van der Waals surface area contributed by atoms with E-state index >= 15 is 0 Å². The smallest absolute Gasteiger partial charge is 0.308 e. The SMILES string of the molecule is CC(=O)Oc1ccc(N2C(=O)CC(N(Cc3cccs3)C(=O)c3ccc(C)cc3)C2=O)cc1. The minimum absolute atomic E-state index is 0.104. The average Bonchev–Trinajstić information content (AvgIpc) is 3.40. The molecule has 0 spiro atoms. The summed E-state index contributed by atoms with van der Waals surface area (Å²) in [6.07, 6.45) is -0.104. The number of carbonyl (C=O) groups excluding carboxylic acids is 4. The van der Waals surface area contributed by atoms with Crippen LogP contribution in [0.15, 0.2) is 66.0 Å². The number of benzene rings is 2. The number of ether oxygens (including phenoxy) is 1. The van der Waals surface area contributed by atoms with Gasteiger partial charge in [-0.15, -0.1) is 11.3 Å². The van der Waals surface area contributed by atoms with Gasteiger partial charge >= 0.3 is 5.97 Å². The molecule has 1 aliphatic heterocycles. The maximum Gasteiger partial charge on any atom is 0.308 e. The molecule has 2 aromatic carbocycles. The van der Waals surface area contributed by atoms with E-state index in [0.29, 0.717) is 17.0 Å².